The molecule has 3 aromatic rings. The number of likely N-dealkylation sites (N-methyl/N-ethyl adjacent to an activating group) is 1. The van der Waals surface area contributed by atoms with Crippen molar-refractivity contribution in [1.29, 1.82) is 0 Å². The average molecular weight is 415 g/mol. The summed E-state index contributed by atoms with van der Waals surface area (Å²) in [5.74, 6) is -0.199. The molecule has 0 saturated carbocycles. The van der Waals surface area contributed by atoms with E-state index in [0.29, 0.717) is 22.5 Å². The highest BCUT2D eigenvalue weighted by Crippen LogP contribution is 2.18. The van der Waals surface area contributed by atoms with Gasteiger partial charge in [0.25, 0.3) is 11.5 Å². The molecule has 2 heterocycles. The molecule has 0 N–H and O–H groups in total. The quantitative estimate of drug-likeness (QED) is 0.523. The molecule has 29 heavy (non-hydrogen) atoms. The van der Waals surface area contributed by atoms with Crippen LogP contribution in [0.4, 0.5) is 0 Å². The molecule has 0 unspecified atom stereocenters. The number of benzene rings is 1. The van der Waals surface area contributed by atoms with Crippen LogP contribution >= 0.6 is 11.3 Å². The first-order valence-corrected chi connectivity index (χ1v) is 9.81. The first kappa shape index (κ1) is 20.5. The molecule has 0 spiro atoms. The van der Waals surface area contributed by atoms with Crippen LogP contribution in [0.2, 0.25) is 0 Å². The fraction of sp³-hybridized carbons (Fsp3) is 0.300. The van der Waals surface area contributed by atoms with Crippen LogP contribution in [0.3, 0.4) is 0 Å². The molecule has 0 aliphatic carbocycles. The lowest BCUT2D eigenvalue weighted by molar-refractivity contribution is -0.151. The summed E-state index contributed by atoms with van der Waals surface area (Å²) in [6.45, 7) is 0.116. The molecule has 1 aromatic carbocycles. The Bertz CT molecular complexity index is 1080. The van der Waals surface area contributed by atoms with Crippen LogP contribution in [-0.4, -0.2) is 47.1 Å². The highest BCUT2D eigenvalue weighted by atomic mass is 32.1. The summed E-state index contributed by atoms with van der Waals surface area (Å²) in [4.78, 5) is 42.8. The van der Waals surface area contributed by atoms with Crippen LogP contribution in [0.15, 0.2) is 46.8 Å². The normalized spacial score (nSPS) is 10.7. The van der Waals surface area contributed by atoms with Gasteiger partial charge in [-0.3, -0.25) is 19.0 Å². The van der Waals surface area contributed by atoms with Crippen molar-refractivity contribution < 1.29 is 19.1 Å². The third kappa shape index (κ3) is 5.00. The number of aryl methyl sites for hydroxylation is 1. The van der Waals surface area contributed by atoms with Gasteiger partial charge >= 0.3 is 5.97 Å². The van der Waals surface area contributed by atoms with Crippen molar-refractivity contribution in [3.63, 3.8) is 0 Å². The van der Waals surface area contributed by atoms with Gasteiger partial charge in [-0.05, 0) is 17.5 Å². The standard InChI is InChI=1S/C20H21N3O5S/c1-22(11-14-5-3-4-6-16(14)27-2)17(24)12-28-18(25)7-9-23-13-21-19-15(20(23)26)8-10-29-19/h3-6,8,10,13H,7,9,11-12H2,1-2H3. The number of ether oxygens (including phenoxy) is 2. The summed E-state index contributed by atoms with van der Waals surface area (Å²) in [7, 11) is 3.20. The Kier molecular flexibility index (Phi) is 6.61. The largest absolute Gasteiger partial charge is 0.496 e. The molecule has 0 aliphatic heterocycles. The number of esters is 1. The SMILES string of the molecule is COc1ccccc1CN(C)C(=O)COC(=O)CCn1cnc2sccc2c1=O. The van der Waals surface area contributed by atoms with Crippen molar-refractivity contribution in [3.8, 4) is 5.75 Å². The molecule has 0 bridgehead atoms. The maximum Gasteiger partial charge on any atom is 0.308 e. The van der Waals surface area contributed by atoms with Gasteiger partial charge < -0.3 is 14.4 Å². The smallest absolute Gasteiger partial charge is 0.308 e. The van der Waals surface area contributed by atoms with Crippen molar-refractivity contribution in [2.24, 2.45) is 0 Å². The molecule has 152 valence electrons. The second-order valence-corrected chi connectivity index (χ2v) is 7.25. The lowest BCUT2D eigenvalue weighted by Gasteiger charge is -2.18. The number of amides is 1. The highest BCUT2D eigenvalue weighted by Gasteiger charge is 2.15. The molecular formula is C20H21N3O5S. The van der Waals surface area contributed by atoms with Crippen LogP contribution in [0.5, 0.6) is 5.75 Å². The fourth-order valence-corrected chi connectivity index (χ4v) is 3.49. The van der Waals surface area contributed by atoms with Crippen molar-refractivity contribution in [1.82, 2.24) is 14.5 Å². The Balaban J connectivity index is 1.48. The number of rotatable bonds is 8. The lowest BCUT2D eigenvalue weighted by Crippen LogP contribution is -2.31. The van der Waals surface area contributed by atoms with Crippen molar-refractivity contribution in [2.45, 2.75) is 19.5 Å². The fourth-order valence-electron chi connectivity index (χ4n) is 2.77. The summed E-state index contributed by atoms with van der Waals surface area (Å²) < 4.78 is 11.7. The van der Waals surface area contributed by atoms with Crippen LogP contribution in [-0.2, 0) is 27.4 Å². The molecule has 0 radical (unpaired) electrons. The number of fused-ring (bicyclic) bond motifs is 1. The average Bonchev–Trinajstić information content (AvgIpc) is 3.21. The molecule has 2 aromatic heterocycles. The molecular weight excluding hydrogens is 394 g/mol. The first-order valence-electron chi connectivity index (χ1n) is 8.93. The second kappa shape index (κ2) is 9.33. The van der Waals surface area contributed by atoms with Gasteiger partial charge in [0.05, 0.1) is 25.2 Å². The summed E-state index contributed by atoms with van der Waals surface area (Å²) in [6.07, 6.45) is 1.39. The van der Waals surface area contributed by atoms with Crippen LogP contribution in [0.25, 0.3) is 10.2 Å². The Labute approximate surface area is 171 Å². The molecule has 0 saturated heterocycles. The van der Waals surface area contributed by atoms with Gasteiger partial charge in [-0.25, -0.2) is 4.98 Å². The molecule has 0 fully saturated rings. The van der Waals surface area contributed by atoms with E-state index >= 15 is 0 Å². The number of aromatic nitrogens is 2. The zero-order valence-corrected chi connectivity index (χ0v) is 17.0. The van der Waals surface area contributed by atoms with Gasteiger partial charge in [0.1, 0.15) is 10.6 Å². The van der Waals surface area contributed by atoms with E-state index in [4.69, 9.17) is 9.47 Å². The molecule has 9 heteroatoms. The predicted molar refractivity (Wildman–Crippen MR) is 109 cm³/mol. The maximum absolute atomic E-state index is 12.3. The predicted octanol–water partition coefficient (Wildman–Crippen LogP) is 2.06. The number of para-hydroxylation sites is 1. The van der Waals surface area contributed by atoms with Crippen molar-refractivity contribution >= 4 is 33.4 Å². The monoisotopic (exact) mass is 415 g/mol. The zero-order chi connectivity index (χ0) is 20.8. The molecule has 8 nitrogen and oxygen atoms in total. The summed E-state index contributed by atoms with van der Waals surface area (Å²) >= 11 is 1.39. The number of thiophene rings is 1. The highest BCUT2D eigenvalue weighted by molar-refractivity contribution is 7.16. The Morgan fingerprint density at radius 3 is 2.83 bits per heavy atom. The number of hydrogen-bond acceptors (Lipinski definition) is 7. The third-order valence-corrected chi connectivity index (χ3v) is 5.21. The Morgan fingerprint density at radius 1 is 1.24 bits per heavy atom. The van der Waals surface area contributed by atoms with E-state index in [-0.39, 0.29) is 31.0 Å². The van der Waals surface area contributed by atoms with Crippen LogP contribution in [0.1, 0.15) is 12.0 Å². The minimum atomic E-state index is -0.554. The van der Waals surface area contributed by atoms with Gasteiger partial charge in [0.15, 0.2) is 6.61 Å². The molecule has 0 atom stereocenters. The minimum absolute atomic E-state index is 0.0271. The van der Waals surface area contributed by atoms with Gasteiger partial charge in [0.2, 0.25) is 0 Å². The van der Waals surface area contributed by atoms with Gasteiger partial charge in [-0.2, -0.15) is 0 Å². The maximum atomic E-state index is 12.3. The van der Waals surface area contributed by atoms with Gasteiger partial charge in [-0.1, -0.05) is 18.2 Å². The zero-order valence-electron chi connectivity index (χ0n) is 16.2. The van der Waals surface area contributed by atoms with E-state index in [9.17, 15) is 14.4 Å². The summed E-state index contributed by atoms with van der Waals surface area (Å²) in [5.41, 5.74) is 0.657. The number of carbonyl (C=O) groups excluding carboxylic acids is 2. The van der Waals surface area contributed by atoms with E-state index in [2.05, 4.69) is 4.98 Å². The van der Waals surface area contributed by atoms with E-state index in [1.165, 1.54) is 27.1 Å². The number of nitrogens with zero attached hydrogens (tertiary/aromatic N) is 3. The van der Waals surface area contributed by atoms with E-state index in [1.54, 1.807) is 25.6 Å². The van der Waals surface area contributed by atoms with E-state index in [1.807, 2.05) is 24.3 Å². The van der Waals surface area contributed by atoms with Crippen LogP contribution < -0.4 is 10.3 Å². The number of methoxy groups -OCH3 is 1. The van der Waals surface area contributed by atoms with Crippen molar-refractivity contribution in [3.05, 3.63) is 58.0 Å². The number of hydrogen-bond donors (Lipinski definition) is 0. The number of carbonyl (C=O) groups is 2. The lowest BCUT2D eigenvalue weighted by atomic mass is 10.2. The molecule has 0 aliphatic rings. The molecule has 1 amide bonds. The van der Waals surface area contributed by atoms with Crippen LogP contribution in [0, 0.1) is 0 Å². The second-order valence-electron chi connectivity index (χ2n) is 6.35. The van der Waals surface area contributed by atoms with E-state index < -0.39 is 5.97 Å². The topological polar surface area (TPSA) is 90.7 Å². The third-order valence-electron chi connectivity index (χ3n) is 4.39. The van der Waals surface area contributed by atoms with E-state index in [0.717, 1.165) is 5.56 Å². The molecule has 3 rings (SSSR count). The first-order chi connectivity index (χ1) is 14.0. The van der Waals surface area contributed by atoms with Crippen molar-refractivity contribution in [2.75, 3.05) is 20.8 Å². The van der Waals surface area contributed by atoms with Gasteiger partial charge in [-0.15, -0.1) is 11.3 Å². The Hall–Kier alpha value is -3.20. The minimum Gasteiger partial charge on any atom is -0.496 e. The van der Waals surface area contributed by atoms with Gasteiger partial charge in [0, 0.05) is 25.7 Å². The summed E-state index contributed by atoms with van der Waals surface area (Å²) in [6, 6.07) is 9.10. The summed E-state index contributed by atoms with van der Waals surface area (Å²) in [5, 5.41) is 2.32. The Morgan fingerprint density at radius 2 is 2.03 bits per heavy atom.